The second-order valence-electron chi connectivity index (χ2n) is 4.05. The van der Waals surface area contributed by atoms with Gasteiger partial charge in [0, 0.05) is 26.7 Å². The van der Waals surface area contributed by atoms with Crippen molar-refractivity contribution < 1.29 is 9.53 Å². The van der Waals surface area contributed by atoms with Crippen LogP contribution in [-0.2, 0) is 9.53 Å². The topological polar surface area (TPSA) is 38.3 Å². The Balaban J connectivity index is 1.98. The monoisotopic (exact) mass is 199 g/mol. The summed E-state index contributed by atoms with van der Waals surface area (Å²) in [5.41, 5.74) is 0. The van der Waals surface area contributed by atoms with Crippen LogP contribution >= 0.6 is 0 Å². The molecule has 1 aliphatic carbocycles. The summed E-state index contributed by atoms with van der Waals surface area (Å²) >= 11 is 0. The quantitative estimate of drug-likeness (QED) is 0.661. The summed E-state index contributed by atoms with van der Waals surface area (Å²) < 4.78 is 4.91. The van der Waals surface area contributed by atoms with Crippen LogP contribution in [0.4, 0.5) is 0 Å². The van der Waals surface area contributed by atoms with Gasteiger partial charge in [-0.15, -0.1) is 0 Å². The molecule has 0 heterocycles. The summed E-state index contributed by atoms with van der Waals surface area (Å²) in [5.74, 6) is 0.866. The predicted molar refractivity (Wildman–Crippen MR) is 56.1 cm³/mol. The van der Waals surface area contributed by atoms with Gasteiger partial charge in [0.05, 0.1) is 0 Å². The number of ether oxygens (including phenoxy) is 1. The molecule has 1 aliphatic rings. The fraction of sp³-hybridized carbons (Fsp3) is 0.909. The lowest BCUT2D eigenvalue weighted by Crippen LogP contribution is -2.26. The predicted octanol–water partition coefficient (Wildman–Crippen LogP) is 1.72. The van der Waals surface area contributed by atoms with Crippen molar-refractivity contribution >= 4 is 5.91 Å². The third kappa shape index (κ3) is 4.61. The zero-order valence-corrected chi connectivity index (χ0v) is 9.05. The molecular weight excluding hydrogens is 178 g/mol. The molecule has 1 fully saturated rings. The standard InChI is InChI=1S/C11H21NO2/c1-14-8-4-7-12-11(13)9-10-5-2-3-6-10/h10H,2-9H2,1H3,(H,12,13). The Labute approximate surface area is 86.2 Å². The number of hydrogen-bond donors (Lipinski definition) is 1. The Hall–Kier alpha value is -0.570. The molecule has 0 aliphatic heterocycles. The molecule has 0 saturated heterocycles. The Bertz CT molecular complexity index is 165. The second kappa shape index (κ2) is 6.82. The number of amides is 1. The number of carbonyl (C=O) groups excluding carboxylic acids is 1. The summed E-state index contributed by atoms with van der Waals surface area (Å²) in [7, 11) is 1.68. The molecule has 1 amide bonds. The number of carbonyl (C=O) groups is 1. The van der Waals surface area contributed by atoms with Gasteiger partial charge < -0.3 is 10.1 Å². The molecule has 0 radical (unpaired) electrons. The first-order valence-electron chi connectivity index (χ1n) is 5.58. The molecule has 0 spiro atoms. The number of hydrogen-bond acceptors (Lipinski definition) is 2. The molecule has 0 aromatic heterocycles. The Morgan fingerprint density at radius 3 is 2.79 bits per heavy atom. The van der Waals surface area contributed by atoms with Crippen LogP contribution in [0, 0.1) is 5.92 Å². The molecule has 0 atom stereocenters. The van der Waals surface area contributed by atoms with Gasteiger partial charge in [-0.05, 0) is 25.2 Å². The van der Waals surface area contributed by atoms with Gasteiger partial charge in [-0.2, -0.15) is 0 Å². The van der Waals surface area contributed by atoms with Gasteiger partial charge >= 0.3 is 0 Å². The van der Waals surface area contributed by atoms with Crippen LogP contribution in [-0.4, -0.2) is 26.2 Å². The van der Waals surface area contributed by atoms with Crippen LogP contribution in [0.25, 0.3) is 0 Å². The van der Waals surface area contributed by atoms with E-state index in [1.54, 1.807) is 7.11 Å². The minimum atomic E-state index is 0.216. The fourth-order valence-corrected chi connectivity index (χ4v) is 1.99. The first-order chi connectivity index (χ1) is 6.83. The fourth-order valence-electron chi connectivity index (χ4n) is 1.99. The molecule has 1 N–H and O–H groups in total. The van der Waals surface area contributed by atoms with Crippen molar-refractivity contribution in [2.75, 3.05) is 20.3 Å². The number of methoxy groups -OCH3 is 1. The van der Waals surface area contributed by atoms with Crippen LogP contribution in [0.3, 0.4) is 0 Å². The van der Waals surface area contributed by atoms with Crippen molar-refractivity contribution in [1.29, 1.82) is 0 Å². The molecule has 0 aromatic carbocycles. The van der Waals surface area contributed by atoms with Crippen molar-refractivity contribution in [2.24, 2.45) is 5.92 Å². The lowest BCUT2D eigenvalue weighted by molar-refractivity contribution is -0.122. The Morgan fingerprint density at radius 2 is 2.14 bits per heavy atom. The molecule has 1 saturated carbocycles. The molecule has 3 nitrogen and oxygen atoms in total. The first-order valence-corrected chi connectivity index (χ1v) is 5.58. The third-order valence-electron chi connectivity index (χ3n) is 2.80. The summed E-state index contributed by atoms with van der Waals surface area (Å²) in [6, 6.07) is 0. The molecule has 1 rings (SSSR count). The highest BCUT2D eigenvalue weighted by Gasteiger charge is 2.17. The van der Waals surface area contributed by atoms with Gasteiger partial charge in [-0.1, -0.05) is 12.8 Å². The lowest BCUT2D eigenvalue weighted by atomic mass is 10.0. The molecule has 0 aromatic rings. The highest BCUT2D eigenvalue weighted by molar-refractivity contribution is 5.76. The van der Waals surface area contributed by atoms with E-state index in [2.05, 4.69) is 5.32 Å². The van der Waals surface area contributed by atoms with E-state index in [4.69, 9.17) is 4.74 Å². The van der Waals surface area contributed by atoms with Crippen LogP contribution < -0.4 is 5.32 Å². The van der Waals surface area contributed by atoms with E-state index < -0.39 is 0 Å². The summed E-state index contributed by atoms with van der Waals surface area (Å²) in [6.45, 7) is 1.48. The van der Waals surface area contributed by atoms with Gasteiger partial charge in [0.25, 0.3) is 0 Å². The molecule has 0 bridgehead atoms. The molecule has 0 unspecified atom stereocenters. The normalized spacial score (nSPS) is 17.2. The van der Waals surface area contributed by atoms with Gasteiger partial charge in [0.15, 0.2) is 0 Å². The van der Waals surface area contributed by atoms with E-state index in [1.165, 1.54) is 25.7 Å². The van der Waals surface area contributed by atoms with E-state index in [-0.39, 0.29) is 5.91 Å². The zero-order valence-electron chi connectivity index (χ0n) is 9.05. The Kier molecular flexibility index (Phi) is 5.60. The molecule has 14 heavy (non-hydrogen) atoms. The van der Waals surface area contributed by atoms with E-state index in [0.29, 0.717) is 5.92 Å². The van der Waals surface area contributed by atoms with Crippen molar-refractivity contribution in [3.05, 3.63) is 0 Å². The highest BCUT2D eigenvalue weighted by Crippen LogP contribution is 2.27. The van der Waals surface area contributed by atoms with E-state index in [1.807, 2.05) is 0 Å². The van der Waals surface area contributed by atoms with Gasteiger partial charge in [0.1, 0.15) is 0 Å². The maximum absolute atomic E-state index is 11.4. The molecular formula is C11H21NO2. The summed E-state index contributed by atoms with van der Waals surface area (Å²) in [5, 5.41) is 2.93. The molecule has 82 valence electrons. The smallest absolute Gasteiger partial charge is 0.220 e. The molecule has 3 heteroatoms. The zero-order chi connectivity index (χ0) is 10.2. The van der Waals surface area contributed by atoms with Crippen LogP contribution in [0.15, 0.2) is 0 Å². The van der Waals surface area contributed by atoms with Crippen molar-refractivity contribution in [3.8, 4) is 0 Å². The van der Waals surface area contributed by atoms with Crippen LogP contribution in [0.5, 0.6) is 0 Å². The SMILES string of the molecule is COCCCNC(=O)CC1CCCC1. The maximum Gasteiger partial charge on any atom is 0.220 e. The van der Waals surface area contributed by atoms with E-state index in [0.717, 1.165) is 26.0 Å². The highest BCUT2D eigenvalue weighted by atomic mass is 16.5. The maximum atomic E-state index is 11.4. The van der Waals surface area contributed by atoms with Crippen molar-refractivity contribution in [2.45, 2.75) is 38.5 Å². The summed E-state index contributed by atoms with van der Waals surface area (Å²) in [4.78, 5) is 11.4. The van der Waals surface area contributed by atoms with Crippen molar-refractivity contribution in [3.63, 3.8) is 0 Å². The number of nitrogens with one attached hydrogen (secondary N) is 1. The first kappa shape index (κ1) is 11.5. The average molecular weight is 199 g/mol. The van der Waals surface area contributed by atoms with Gasteiger partial charge in [0.2, 0.25) is 5.91 Å². The largest absolute Gasteiger partial charge is 0.385 e. The van der Waals surface area contributed by atoms with Crippen molar-refractivity contribution in [1.82, 2.24) is 5.32 Å². The van der Waals surface area contributed by atoms with Gasteiger partial charge in [-0.25, -0.2) is 0 Å². The second-order valence-corrected chi connectivity index (χ2v) is 4.05. The van der Waals surface area contributed by atoms with E-state index >= 15 is 0 Å². The Morgan fingerprint density at radius 1 is 1.43 bits per heavy atom. The van der Waals surface area contributed by atoms with Crippen LogP contribution in [0.2, 0.25) is 0 Å². The minimum absolute atomic E-state index is 0.216. The average Bonchev–Trinajstić information content (AvgIpc) is 2.65. The lowest BCUT2D eigenvalue weighted by Gasteiger charge is -2.09. The summed E-state index contributed by atoms with van der Waals surface area (Å²) in [6.07, 6.45) is 6.74. The van der Waals surface area contributed by atoms with E-state index in [9.17, 15) is 4.79 Å². The third-order valence-corrected chi connectivity index (χ3v) is 2.80. The minimum Gasteiger partial charge on any atom is -0.385 e. The van der Waals surface area contributed by atoms with Gasteiger partial charge in [-0.3, -0.25) is 4.79 Å². The number of rotatable bonds is 6. The van der Waals surface area contributed by atoms with Crippen LogP contribution in [0.1, 0.15) is 38.5 Å².